The van der Waals surface area contributed by atoms with E-state index < -0.39 is 11.5 Å². The van der Waals surface area contributed by atoms with E-state index in [-0.39, 0.29) is 6.54 Å². The van der Waals surface area contributed by atoms with E-state index in [0.29, 0.717) is 13.2 Å². The summed E-state index contributed by atoms with van der Waals surface area (Å²) in [4.78, 5) is 0. The molecule has 1 aliphatic rings. The van der Waals surface area contributed by atoms with Crippen molar-refractivity contribution in [3.05, 3.63) is 23.7 Å². The fourth-order valence-electron chi connectivity index (χ4n) is 1.75. The smallest absolute Gasteiger partial charge is 0.117 e. The quantitative estimate of drug-likeness (QED) is 0.725. The Morgan fingerprint density at radius 3 is 2.64 bits per heavy atom. The molecule has 0 bridgehead atoms. The van der Waals surface area contributed by atoms with Crippen molar-refractivity contribution in [3.63, 3.8) is 0 Å². The standard InChI is InChI=1S/C10H15NO3/c1-7-2-3-9(14-7)10(5-13-6-10)8(12)4-11/h2-3,8,12H,4-6,11H2,1H3. The minimum Gasteiger partial charge on any atom is -0.466 e. The Kier molecular flexibility index (Phi) is 2.34. The molecule has 1 atom stereocenters. The van der Waals surface area contributed by atoms with E-state index in [9.17, 15) is 5.11 Å². The van der Waals surface area contributed by atoms with Crippen LogP contribution in [0.5, 0.6) is 0 Å². The molecule has 1 aromatic heterocycles. The van der Waals surface area contributed by atoms with Gasteiger partial charge in [0.25, 0.3) is 0 Å². The fraction of sp³-hybridized carbons (Fsp3) is 0.600. The maximum absolute atomic E-state index is 9.83. The van der Waals surface area contributed by atoms with Gasteiger partial charge >= 0.3 is 0 Å². The van der Waals surface area contributed by atoms with Crippen molar-refractivity contribution < 1.29 is 14.3 Å². The zero-order valence-electron chi connectivity index (χ0n) is 8.19. The number of nitrogens with two attached hydrogens (primary N) is 1. The van der Waals surface area contributed by atoms with Crippen LogP contribution in [0.4, 0.5) is 0 Å². The highest BCUT2D eigenvalue weighted by molar-refractivity contribution is 5.22. The van der Waals surface area contributed by atoms with E-state index in [1.54, 1.807) is 0 Å². The number of ether oxygens (including phenoxy) is 1. The number of aryl methyl sites for hydroxylation is 1. The summed E-state index contributed by atoms with van der Waals surface area (Å²) >= 11 is 0. The van der Waals surface area contributed by atoms with Crippen LogP contribution in [0, 0.1) is 6.92 Å². The minimum atomic E-state index is -0.596. The summed E-state index contributed by atoms with van der Waals surface area (Å²) in [6, 6.07) is 3.77. The molecule has 2 heterocycles. The Bertz CT molecular complexity index is 317. The van der Waals surface area contributed by atoms with Gasteiger partial charge in [-0.1, -0.05) is 0 Å². The second-order valence-corrected chi connectivity index (χ2v) is 3.81. The van der Waals surface area contributed by atoms with Gasteiger partial charge < -0.3 is 20.0 Å². The number of rotatable bonds is 3. The van der Waals surface area contributed by atoms with Crippen molar-refractivity contribution in [2.45, 2.75) is 18.4 Å². The van der Waals surface area contributed by atoms with Gasteiger partial charge in [0.2, 0.25) is 0 Å². The summed E-state index contributed by atoms with van der Waals surface area (Å²) in [5.74, 6) is 1.62. The summed E-state index contributed by atoms with van der Waals surface area (Å²) in [5.41, 5.74) is 5.05. The summed E-state index contributed by atoms with van der Waals surface area (Å²) < 4.78 is 10.7. The molecule has 1 unspecified atom stereocenters. The number of hydrogen-bond acceptors (Lipinski definition) is 4. The summed E-state index contributed by atoms with van der Waals surface area (Å²) in [6.45, 7) is 3.07. The molecule has 0 aromatic carbocycles. The maximum Gasteiger partial charge on any atom is 0.117 e. The lowest BCUT2D eigenvalue weighted by Crippen LogP contribution is -2.57. The second kappa shape index (κ2) is 3.38. The molecule has 1 aliphatic heterocycles. The zero-order chi connectivity index (χ0) is 10.2. The van der Waals surface area contributed by atoms with E-state index in [2.05, 4.69) is 0 Å². The first kappa shape index (κ1) is 9.71. The first-order valence-electron chi connectivity index (χ1n) is 4.72. The third kappa shape index (κ3) is 1.27. The molecule has 0 amide bonds. The molecule has 0 saturated carbocycles. The van der Waals surface area contributed by atoms with Gasteiger partial charge in [-0.05, 0) is 19.1 Å². The molecule has 14 heavy (non-hydrogen) atoms. The van der Waals surface area contributed by atoms with Crippen LogP contribution in [0.3, 0.4) is 0 Å². The van der Waals surface area contributed by atoms with Crippen LogP contribution >= 0.6 is 0 Å². The van der Waals surface area contributed by atoms with Gasteiger partial charge in [-0.15, -0.1) is 0 Å². The number of hydrogen-bond donors (Lipinski definition) is 2. The average Bonchev–Trinajstić information content (AvgIpc) is 2.50. The van der Waals surface area contributed by atoms with Crippen molar-refractivity contribution in [3.8, 4) is 0 Å². The van der Waals surface area contributed by atoms with Crippen LogP contribution in [-0.2, 0) is 10.2 Å². The molecule has 0 spiro atoms. The molecule has 1 aromatic rings. The predicted molar refractivity (Wildman–Crippen MR) is 51.0 cm³/mol. The van der Waals surface area contributed by atoms with Gasteiger partial charge in [-0.25, -0.2) is 0 Å². The third-order valence-corrected chi connectivity index (χ3v) is 2.81. The first-order valence-corrected chi connectivity index (χ1v) is 4.72. The normalized spacial score (nSPS) is 21.6. The Morgan fingerprint density at radius 2 is 2.29 bits per heavy atom. The second-order valence-electron chi connectivity index (χ2n) is 3.81. The van der Waals surface area contributed by atoms with Crippen molar-refractivity contribution in [2.75, 3.05) is 19.8 Å². The van der Waals surface area contributed by atoms with Crippen molar-refractivity contribution >= 4 is 0 Å². The molecular formula is C10H15NO3. The van der Waals surface area contributed by atoms with E-state index in [4.69, 9.17) is 14.9 Å². The molecule has 1 fully saturated rings. The number of aliphatic hydroxyl groups is 1. The lowest BCUT2D eigenvalue weighted by Gasteiger charge is -2.42. The lowest BCUT2D eigenvalue weighted by atomic mass is 9.77. The van der Waals surface area contributed by atoms with Crippen LogP contribution in [-0.4, -0.2) is 31.0 Å². The van der Waals surface area contributed by atoms with Gasteiger partial charge in [0.15, 0.2) is 0 Å². The van der Waals surface area contributed by atoms with E-state index in [1.807, 2.05) is 19.1 Å². The van der Waals surface area contributed by atoms with E-state index in [0.717, 1.165) is 11.5 Å². The third-order valence-electron chi connectivity index (χ3n) is 2.81. The Labute approximate surface area is 82.7 Å². The summed E-state index contributed by atoms with van der Waals surface area (Å²) in [5, 5.41) is 9.83. The molecular weight excluding hydrogens is 182 g/mol. The fourth-order valence-corrected chi connectivity index (χ4v) is 1.75. The van der Waals surface area contributed by atoms with Crippen molar-refractivity contribution in [1.29, 1.82) is 0 Å². The molecule has 0 aliphatic carbocycles. The van der Waals surface area contributed by atoms with Gasteiger partial charge in [-0.2, -0.15) is 0 Å². The maximum atomic E-state index is 9.83. The van der Waals surface area contributed by atoms with Gasteiger partial charge in [0.05, 0.1) is 19.3 Å². The molecule has 2 rings (SSSR count). The highest BCUT2D eigenvalue weighted by Gasteiger charge is 2.48. The van der Waals surface area contributed by atoms with Gasteiger partial charge in [-0.3, -0.25) is 0 Å². The van der Waals surface area contributed by atoms with Crippen molar-refractivity contribution in [1.82, 2.24) is 0 Å². The first-order chi connectivity index (χ1) is 6.69. The van der Waals surface area contributed by atoms with Crippen LogP contribution < -0.4 is 5.73 Å². The van der Waals surface area contributed by atoms with Crippen LogP contribution in [0.15, 0.2) is 16.5 Å². The molecule has 0 radical (unpaired) electrons. The zero-order valence-corrected chi connectivity index (χ0v) is 8.19. The predicted octanol–water partition coefficient (Wildman–Crippen LogP) is 0.176. The Balaban J connectivity index is 2.28. The molecule has 4 nitrogen and oxygen atoms in total. The number of aliphatic hydroxyl groups excluding tert-OH is 1. The highest BCUT2D eigenvalue weighted by atomic mass is 16.5. The van der Waals surface area contributed by atoms with Crippen LogP contribution in [0.1, 0.15) is 11.5 Å². The highest BCUT2D eigenvalue weighted by Crippen LogP contribution is 2.36. The summed E-state index contributed by atoms with van der Waals surface area (Å²) in [7, 11) is 0. The summed E-state index contributed by atoms with van der Waals surface area (Å²) in [6.07, 6.45) is -0.596. The van der Waals surface area contributed by atoms with Gasteiger partial charge in [0, 0.05) is 6.54 Å². The SMILES string of the molecule is Cc1ccc(C2(C(O)CN)COC2)o1. The lowest BCUT2D eigenvalue weighted by molar-refractivity contribution is -0.125. The molecule has 3 N–H and O–H groups in total. The van der Waals surface area contributed by atoms with E-state index >= 15 is 0 Å². The van der Waals surface area contributed by atoms with Crippen LogP contribution in [0.25, 0.3) is 0 Å². The average molecular weight is 197 g/mol. The monoisotopic (exact) mass is 197 g/mol. The molecule has 1 saturated heterocycles. The minimum absolute atomic E-state index is 0.225. The Morgan fingerprint density at radius 1 is 1.57 bits per heavy atom. The number of furan rings is 1. The molecule has 78 valence electrons. The van der Waals surface area contributed by atoms with Gasteiger partial charge in [0.1, 0.15) is 16.9 Å². The van der Waals surface area contributed by atoms with Crippen LogP contribution in [0.2, 0.25) is 0 Å². The van der Waals surface area contributed by atoms with E-state index in [1.165, 1.54) is 0 Å². The largest absolute Gasteiger partial charge is 0.466 e. The van der Waals surface area contributed by atoms with Crippen molar-refractivity contribution in [2.24, 2.45) is 5.73 Å². The Hall–Kier alpha value is -0.840. The molecule has 4 heteroatoms. The topological polar surface area (TPSA) is 68.6 Å².